The number of esters is 1. The molecular weight excluding hydrogens is 623 g/mol. The fraction of sp³-hybridized carbons (Fsp3) is 0.625. The maximum Gasteiger partial charge on any atom is 0.330 e. The molecule has 0 bridgehead atoms. The fourth-order valence-electron chi connectivity index (χ4n) is 4.59. The summed E-state index contributed by atoms with van der Waals surface area (Å²) in [5, 5.41) is 35.4. The Morgan fingerprint density at radius 1 is 1.30 bits per heavy atom. The number of carbonyl (C=O) groups is 1. The molecule has 1 aliphatic rings. The molecule has 1 aliphatic heterocycles. The highest BCUT2D eigenvalue weighted by atomic mass is 32.7. The molecule has 244 valence electrons. The van der Waals surface area contributed by atoms with Crippen molar-refractivity contribution in [3.05, 3.63) is 22.5 Å². The lowest BCUT2D eigenvalue weighted by atomic mass is 9.96. The molecule has 6 atom stereocenters. The summed E-state index contributed by atoms with van der Waals surface area (Å²) in [6.45, 7) is 1.53. The SMILES string of the molecule is COc1nc(N)nc2c1ncn2[C@@H]1O[C@H](CO[P@](=O)(N[C@H](C)C(=O)OC(C)C)SCc2c(O)n(C)c(=O)n2C)[C@@H](O)[C@@]1(C)O. The first-order chi connectivity index (χ1) is 20.5. The number of nitrogens with one attached hydrogen (secondary N) is 1. The van der Waals surface area contributed by atoms with Crippen LogP contribution in [-0.4, -0.2) is 93.6 Å². The van der Waals surface area contributed by atoms with Crippen molar-refractivity contribution in [1.82, 2.24) is 33.7 Å². The van der Waals surface area contributed by atoms with Gasteiger partial charge in [-0.25, -0.2) is 14.9 Å². The third-order valence-corrected chi connectivity index (χ3v) is 11.0. The highest BCUT2D eigenvalue weighted by molar-refractivity contribution is 8.55. The summed E-state index contributed by atoms with van der Waals surface area (Å²) >= 11 is 0.704. The van der Waals surface area contributed by atoms with Crippen LogP contribution in [0.5, 0.6) is 11.8 Å². The van der Waals surface area contributed by atoms with E-state index in [1.807, 2.05) is 0 Å². The van der Waals surface area contributed by atoms with Gasteiger partial charge in [0.15, 0.2) is 17.4 Å². The zero-order valence-electron chi connectivity index (χ0n) is 25.2. The van der Waals surface area contributed by atoms with E-state index in [1.165, 1.54) is 50.5 Å². The molecule has 6 N–H and O–H groups in total. The van der Waals surface area contributed by atoms with Crippen molar-refractivity contribution in [3.8, 4) is 11.8 Å². The molecule has 0 radical (unpaired) electrons. The molecule has 3 aromatic heterocycles. The summed E-state index contributed by atoms with van der Waals surface area (Å²) in [5.74, 6) is -1.20. The summed E-state index contributed by atoms with van der Waals surface area (Å²) in [7, 11) is 4.20. The molecule has 3 aromatic rings. The molecule has 20 heteroatoms. The van der Waals surface area contributed by atoms with Gasteiger partial charge in [0, 0.05) is 19.8 Å². The fourth-order valence-corrected chi connectivity index (χ4v) is 8.33. The Morgan fingerprint density at radius 3 is 2.57 bits per heavy atom. The number of aliphatic hydroxyl groups excluding tert-OH is 1. The van der Waals surface area contributed by atoms with Gasteiger partial charge in [-0.1, -0.05) is 0 Å². The van der Waals surface area contributed by atoms with Crippen molar-refractivity contribution in [2.75, 3.05) is 19.5 Å². The molecule has 4 rings (SSSR count). The Balaban J connectivity index is 1.58. The van der Waals surface area contributed by atoms with E-state index < -0.39 is 61.2 Å². The number of imidazole rings is 2. The molecule has 0 saturated carbocycles. The monoisotopic (exact) mass is 660 g/mol. The summed E-state index contributed by atoms with van der Waals surface area (Å²) < 4.78 is 39.9. The van der Waals surface area contributed by atoms with E-state index in [-0.39, 0.29) is 40.3 Å². The minimum Gasteiger partial charge on any atom is -0.493 e. The van der Waals surface area contributed by atoms with Crippen LogP contribution in [0.15, 0.2) is 11.1 Å². The molecule has 1 saturated heterocycles. The van der Waals surface area contributed by atoms with Gasteiger partial charge in [0.05, 0.1) is 31.8 Å². The number of aromatic nitrogens is 6. The van der Waals surface area contributed by atoms with Gasteiger partial charge >= 0.3 is 18.4 Å². The van der Waals surface area contributed by atoms with Crippen LogP contribution in [0.2, 0.25) is 0 Å². The molecule has 44 heavy (non-hydrogen) atoms. The Hall–Kier alpha value is -3.19. The van der Waals surface area contributed by atoms with E-state index in [1.54, 1.807) is 13.8 Å². The van der Waals surface area contributed by atoms with E-state index in [4.69, 9.17) is 24.5 Å². The normalized spacial score (nSPS) is 24.1. The van der Waals surface area contributed by atoms with Crippen molar-refractivity contribution in [3.63, 3.8) is 0 Å². The number of nitrogens with two attached hydrogens (primary N) is 1. The number of nitrogens with zero attached hydrogens (tertiary/aromatic N) is 6. The smallest absolute Gasteiger partial charge is 0.330 e. The third kappa shape index (κ3) is 6.44. The summed E-state index contributed by atoms with van der Waals surface area (Å²) in [6, 6.07) is -1.09. The van der Waals surface area contributed by atoms with E-state index in [0.717, 1.165) is 4.57 Å². The minimum absolute atomic E-state index is 0.0976. The number of carbonyl (C=O) groups excluding carboxylic acids is 1. The number of ether oxygens (including phenoxy) is 3. The van der Waals surface area contributed by atoms with Crippen molar-refractivity contribution in [2.45, 2.75) is 69.6 Å². The van der Waals surface area contributed by atoms with Crippen LogP contribution in [-0.2, 0) is 43.2 Å². The van der Waals surface area contributed by atoms with Gasteiger partial charge in [-0.05, 0) is 39.1 Å². The second-order valence-corrected chi connectivity index (χ2v) is 15.0. The number of anilines is 1. The highest BCUT2D eigenvalue weighted by Crippen LogP contribution is 2.58. The Labute approximate surface area is 255 Å². The summed E-state index contributed by atoms with van der Waals surface area (Å²) in [5.41, 5.74) is 3.96. The van der Waals surface area contributed by atoms with Crippen LogP contribution in [0.25, 0.3) is 11.2 Å². The second kappa shape index (κ2) is 12.7. The molecule has 0 aromatic carbocycles. The molecule has 0 spiro atoms. The number of nitrogen functional groups attached to an aromatic ring is 1. The van der Waals surface area contributed by atoms with Crippen LogP contribution >= 0.6 is 18.1 Å². The average molecular weight is 661 g/mol. The molecule has 0 unspecified atom stereocenters. The molecule has 18 nitrogen and oxygen atoms in total. The number of hydrogen-bond acceptors (Lipinski definition) is 15. The zero-order valence-corrected chi connectivity index (χ0v) is 26.9. The minimum atomic E-state index is -4.06. The first-order valence-corrected chi connectivity index (χ1v) is 16.6. The number of hydrogen-bond donors (Lipinski definition) is 5. The third-order valence-electron chi connectivity index (χ3n) is 7.00. The average Bonchev–Trinajstić information content (AvgIpc) is 3.52. The van der Waals surface area contributed by atoms with Crippen molar-refractivity contribution >= 4 is 41.2 Å². The van der Waals surface area contributed by atoms with E-state index in [0.29, 0.717) is 11.4 Å². The van der Waals surface area contributed by atoms with Crippen molar-refractivity contribution in [2.24, 2.45) is 14.1 Å². The van der Waals surface area contributed by atoms with Crippen molar-refractivity contribution in [1.29, 1.82) is 0 Å². The van der Waals surface area contributed by atoms with Gasteiger partial charge in [0.25, 0.3) is 0 Å². The first-order valence-electron chi connectivity index (χ1n) is 13.4. The topological polar surface area (TPSA) is 240 Å². The summed E-state index contributed by atoms with van der Waals surface area (Å²) in [4.78, 5) is 37.1. The predicted molar refractivity (Wildman–Crippen MR) is 158 cm³/mol. The van der Waals surface area contributed by atoms with Crippen molar-refractivity contribution < 1.29 is 43.4 Å². The maximum absolute atomic E-state index is 14.1. The Kier molecular flexibility index (Phi) is 9.70. The standard InChI is InChI=1S/C24H37N8O10PS/c1-11(2)41-20(35)12(3)29-43(38,44-9-13-19(34)31(6)23(36)30(13)5)40-8-14-16(33)24(4,37)21(42-14)32-10-26-15-17(32)27-22(25)28-18(15)39-7/h10-12,14,16,21,33-34,37H,8-9H2,1-7H3,(H,29,38)(H2,25,27,28)/t12-,14-,16-,21-,24-,43-/m1/s1. The van der Waals surface area contributed by atoms with Crippen LogP contribution in [0.3, 0.4) is 0 Å². The number of rotatable bonds is 12. The highest BCUT2D eigenvalue weighted by Gasteiger charge is 2.54. The zero-order chi connectivity index (χ0) is 32.7. The molecule has 1 fully saturated rings. The second-order valence-electron chi connectivity index (χ2n) is 10.7. The van der Waals surface area contributed by atoms with Crippen LogP contribution in [0.4, 0.5) is 5.95 Å². The van der Waals surface area contributed by atoms with E-state index in [9.17, 15) is 29.5 Å². The first kappa shape index (κ1) is 33.7. The quantitative estimate of drug-likeness (QED) is 0.128. The Bertz CT molecular complexity index is 1640. The van der Waals surface area contributed by atoms with Crippen LogP contribution in [0, 0.1) is 0 Å². The van der Waals surface area contributed by atoms with Crippen LogP contribution in [0.1, 0.15) is 39.6 Å². The number of aliphatic hydroxyl groups is 2. The number of methoxy groups -OCH3 is 1. The van der Waals surface area contributed by atoms with Gasteiger partial charge in [0.2, 0.25) is 17.7 Å². The maximum atomic E-state index is 14.1. The van der Waals surface area contributed by atoms with Gasteiger partial charge in [-0.2, -0.15) is 9.97 Å². The van der Waals surface area contributed by atoms with Gasteiger partial charge in [0.1, 0.15) is 23.9 Å². The summed E-state index contributed by atoms with van der Waals surface area (Å²) in [6.07, 6.45) is -3.14. The Morgan fingerprint density at radius 2 is 1.98 bits per heavy atom. The number of aromatic hydroxyl groups is 1. The van der Waals surface area contributed by atoms with E-state index in [2.05, 4.69) is 20.0 Å². The largest absolute Gasteiger partial charge is 0.493 e. The lowest BCUT2D eigenvalue weighted by Crippen LogP contribution is -2.44. The lowest BCUT2D eigenvalue weighted by molar-refractivity contribution is -0.149. The number of fused-ring (bicyclic) bond motifs is 1. The lowest BCUT2D eigenvalue weighted by Gasteiger charge is -2.27. The predicted octanol–water partition coefficient (Wildman–Crippen LogP) is 0.157. The molecule has 4 heterocycles. The van der Waals surface area contributed by atoms with E-state index >= 15 is 0 Å². The molecule has 0 aliphatic carbocycles. The molecule has 0 amide bonds. The van der Waals surface area contributed by atoms with Gasteiger partial charge < -0.3 is 39.8 Å². The van der Waals surface area contributed by atoms with Gasteiger partial charge in [-0.3, -0.25) is 23.1 Å². The molecular formula is C24H37N8O10PS. The van der Waals surface area contributed by atoms with Gasteiger partial charge in [-0.15, -0.1) is 0 Å². The van der Waals surface area contributed by atoms with Crippen LogP contribution < -0.4 is 21.2 Å².